The number of hydrogen-bond donors (Lipinski definition) is 0. The van der Waals surface area contributed by atoms with E-state index in [0.717, 1.165) is 33.7 Å². The van der Waals surface area contributed by atoms with Gasteiger partial charge in [0.15, 0.2) is 0 Å². The SMILES string of the molecule is CCCOc1ccc(-c2csc3ncn(Cc4ccc(C(C)(C)C)cc4)c(=O)c23)cc1. The monoisotopic (exact) mass is 432 g/mol. The minimum absolute atomic E-state index is 0.00698. The van der Waals surface area contributed by atoms with E-state index in [1.807, 2.05) is 29.6 Å². The molecule has 31 heavy (non-hydrogen) atoms. The maximum atomic E-state index is 13.3. The lowest BCUT2D eigenvalue weighted by Gasteiger charge is -2.19. The lowest BCUT2D eigenvalue weighted by Crippen LogP contribution is -2.21. The van der Waals surface area contributed by atoms with Crippen molar-refractivity contribution in [3.63, 3.8) is 0 Å². The fourth-order valence-corrected chi connectivity index (χ4v) is 4.46. The normalized spacial score (nSPS) is 11.7. The molecule has 0 bridgehead atoms. The number of benzene rings is 2. The van der Waals surface area contributed by atoms with Crippen LogP contribution < -0.4 is 10.3 Å². The van der Waals surface area contributed by atoms with Gasteiger partial charge in [0, 0.05) is 10.9 Å². The van der Waals surface area contributed by atoms with E-state index in [0.29, 0.717) is 18.5 Å². The summed E-state index contributed by atoms with van der Waals surface area (Å²) in [6.07, 6.45) is 2.63. The van der Waals surface area contributed by atoms with Gasteiger partial charge >= 0.3 is 0 Å². The van der Waals surface area contributed by atoms with E-state index < -0.39 is 0 Å². The Morgan fingerprint density at radius 3 is 2.39 bits per heavy atom. The number of aromatic nitrogens is 2. The zero-order valence-electron chi connectivity index (χ0n) is 18.5. The van der Waals surface area contributed by atoms with E-state index in [4.69, 9.17) is 4.74 Å². The lowest BCUT2D eigenvalue weighted by molar-refractivity contribution is 0.317. The molecule has 0 amide bonds. The highest BCUT2D eigenvalue weighted by molar-refractivity contribution is 7.17. The van der Waals surface area contributed by atoms with Crippen LogP contribution in [0, 0.1) is 0 Å². The van der Waals surface area contributed by atoms with E-state index in [9.17, 15) is 4.79 Å². The first-order valence-corrected chi connectivity index (χ1v) is 11.5. The largest absolute Gasteiger partial charge is 0.494 e. The molecule has 0 aliphatic rings. The van der Waals surface area contributed by atoms with Crippen molar-refractivity contribution in [1.82, 2.24) is 9.55 Å². The minimum atomic E-state index is -0.00698. The van der Waals surface area contributed by atoms with Crippen molar-refractivity contribution in [2.24, 2.45) is 0 Å². The van der Waals surface area contributed by atoms with Gasteiger partial charge in [0.2, 0.25) is 0 Å². The Hall–Kier alpha value is -2.92. The Morgan fingerprint density at radius 1 is 1.03 bits per heavy atom. The first kappa shape index (κ1) is 21.3. The average molecular weight is 433 g/mol. The average Bonchev–Trinajstić information content (AvgIpc) is 3.19. The second kappa shape index (κ2) is 8.67. The topological polar surface area (TPSA) is 44.1 Å². The Balaban J connectivity index is 1.65. The van der Waals surface area contributed by atoms with Crippen LogP contribution in [0.1, 0.15) is 45.2 Å². The number of rotatable bonds is 6. The lowest BCUT2D eigenvalue weighted by atomic mass is 9.87. The van der Waals surface area contributed by atoms with Crippen LogP contribution >= 0.6 is 11.3 Å². The third-order valence-corrected chi connectivity index (χ3v) is 6.26. The molecule has 0 N–H and O–H groups in total. The highest BCUT2D eigenvalue weighted by Gasteiger charge is 2.15. The summed E-state index contributed by atoms with van der Waals surface area (Å²) in [6, 6.07) is 16.4. The van der Waals surface area contributed by atoms with Crippen LogP contribution in [0.25, 0.3) is 21.3 Å². The third-order valence-electron chi connectivity index (χ3n) is 5.37. The van der Waals surface area contributed by atoms with Gasteiger partial charge < -0.3 is 4.74 Å². The molecule has 160 valence electrons. The molecular formula is C26H28N2O2S. The van der Waals surface area contributed by atoms with Gasteiger partial charge in [0.1, 0.15) is 10.6 Å². The van der Waals surface area contributed by atoms with E-state index >= 15 is 0 Å². The second-order valence-electron chi connectivity index (χ2n) is 8.83. The Labute approximate surface area is 187 Å². The zero-order chi connectivity index (χ0) is 22.0. The molecule has 2 aromatic carbocycles. The molecule has 0 atom stereocenters. The van der Waals surface area contributed by atoms with Crippen molar-refractivity contribution < 1.29 is 4.74 Å². The number of ether oxygens (including phenoxy) is 1. The van der Waals surface area contributed by atoms with Crippen molar-refractivity contribution in [1.29, 1.82) is 0 Å². The van der Waals surface area contributed by atoms with Crippen LogP contribution in [-0.2, 0) is 12.0 Å². The molecule has 0 aliphatic carbocycles. The molecule has 2 heterocycles. The van der Waals surface area contributed by atoms with Crippen LogP contribution in [0.4, 0.5) is 0 Å². The summed E-state index contributed by atoms with van der Waals surface area (Å²) < 4.78 is 7.38. The van der Waals surface area contributed by atoms with Gasteiger partial charge in [0.25, 0.3) is 5.56 Å². The highest BCUT2D eigenvalue weighted by Crippen LogP contribution is 2.31. The predicted molar refractivity (Wildman–Crippen MR) is 129 cm³/mol. The van der Waals surface area contributed by atoms with Crippen molar-refractivity contribution in [3.8, 4) is 16.9 Å². The molecule has 4 nitrogen and oxygen atoms in total. The highest BCUT2D eigenvalue weighted by atomic mass is 32.1. The smallest absolute Gasteiger partial charge is 0.263 e. The number of nitrogens with zero attached hydrogens (tertiary/aromatic N) is 2. The van der Waals surface area contributed by atoms with Crippen LogP contribution in [0.3, 0.4) is 0 Å². The van der Waals surface area contributed by atoms with Gasteiger partial charge in [-0.3, -0.25) is 9.36 Å². The summed E-state index contributed by atoms with van der Waals surface area (Å²) in [5.74, 6) is 0.847. The molecule has 0 aliphatic heterocycles. The molecule has 4 rings (SSSR count). The zero-order valence-corrected chi connectivity index (χ0v) is 19.3. The van der Waals surface area contributed by atoms with Crippen LogP contribution in [0.15, 0.2) is 65.0 Å². The molecule has 0 saturated heterocycles. The standard InChI is InChI=1S/C26H28N2O2S/c1-5-14-30-21-12-8-19(9-13-21)22-16-31-24-23(22)25(29)28(17-27-24)15-18-6-10-20(11-7-18)26(2,3)4/h6-13,16-17H,5,14-15H2,1-4H3. The number of fused-ring (bicyclic) bond motifs is 1. The van der Waals surface area contributed by atoms with E-state index in [1.54, 1.807) is 10.9 Å². The maximum Gasteiger partial charge on any atom is 0.263 e. The van der Waals surface area contributed by atoms with Gasteiger partial charge in [-0.15, -0.1) is 11.3 Å². The Bertz CT molecular complexity index is 1230. The van der Waals surface area contributed by atoms with E-state index in [2.05, 4.69) is 56.9 Å². The van der Waals surface area contributed by atoms with E-state index in [-0.39, 0.29) is 11.0 Å². The minimum Gasteiger partial charge on any atom is -0.494 e. The van der Waals surface area contributed by atoms with Crippen molar-refractivity contribution in [2.45, 2.75) is 46.1 Å². The molecule has 4 aromatic rings. The van der Waals surface area contributed by atoms with E-state index in [1.165, 1.54) is 16.9 Å². The molecular weight excluding hydrogens is 404 g/mol. The quantitative estimate of drug-likeness (QED) is 0.361. The maximum absolute atomic E-state index is 13.3. The molecule has 0 saturated carbocycles. The summed E-state index contributed by atoms with van der Waals surface area (Å²) in [4.78, 5) is 18.7. The molecule has 2 aromatic heterocycles. The second-order valence-corrected chi connectivity index (χ2v) is 9.69. The summed E-state index contributed by atoms with van der Waals surface area (Å²) in [5.41, 5.74) is 4.40. The van der Waals surface area contributed by atoms with Crippen molar-refractivity contribution >= 4 is 21.6 Å². The molecule has 0 unspecified atom stereocenters. The summed E-state index contributed by atoms with van der Waals surface area (Å²) in [7, 11) is 0. The van der Waals surface area contributed by atoms with Crippen LogP contribution in [0.5, 0.6) is 5.75 Å². The first-order valence-electron chi connectivity index (χ1n) is 10.7. The van der Waals surface area contributed by atoms with Crippen molar-refractivity contribution in [3.05, 3.63) is 81.7 Å². The molecule has 0 radical (unpaired) electrons. The van der Waals surface area contributed by atoms with Crippen LogP contribution in [-0.4, -0.2) is 16.2 Å². The van der Waals surface area contributed by atoms with Gasteiger partial charge in [-0.2, -0.15) is 0 Å². The fourth-order valence-electron chi connectivity index (χ4n) is 3.55. The van der Waals surface area contributed by atoms with Gasteiger partial charge in [0.05, 0.1) is 24.9 Å². The predicted octanol–water partition coefficient (Wildman–Crippen LogP) is 6.26. The Morgan fingerprint density at radius 2 is 1.74 bits per heavy atom. The van der Waals surface area contributed by atoms with Gasteiger partial charge in [-0.05, 0) is 40.7 Å². The molecule has 0 spiro atoms. The Kier molecular flexibility index (Phi) is 5.96. The summed E-state index contributed by atoms with van der Waals surface area (Å²) >= 11 is 1.51. The number of hydrogen-bond acceptors (Lipinski definition) is 4. The summed E-state index contributed by atoms with van der Waals surface area (Å²) in [6.45, 7) is 9.89. The van der Waals surface area contributed by atoms with Crippen molar-refractivity contribution in [2.75, 3.05) is 6.61 Å². The third kappa shape index (κ3) is 4.57. The summed E-state index contributed by atoms with van der Waals surface area (Å²) in [5, 5.41) is 2.70. The molecule has 0 fully saturated rings. The number of thiophene rings is 1. The fraction of sp³-hybridized carbons (Fsp3) is 0.308. The molecule has 5 heteroatoms. The van der Waals surface area contributed by atoms with Crippen LogP contribution in [0.2, 0.25) is 0 Å². The van der Waals surface area contributed by atoms with Gasteiger partial charge in [-0.25, -0.2) is 4.98 Å². The van der Waals surface area contributed by atoms with Gasteiger partial charge in [-0.1, -0.05) is 64.1 Å². The first-order chi connectivity index (χ1) is 14.9.